The van der Waals surface area contributed by atoms with Crippen molar-refractivity contribution in [1.29, 1.82) is 0 Å². The lowest BCUT2D eigenvalue weighted by Crippen LogP contribution is -2.09. The van der Waals surface area contributed by atoms with E-state index in [4.69, 9.17) is 0 Å². The zero-order valence-electron chi connectivity index (χ0n) is 22.8. The second-order valence-electron chi connectivity index (χ2n) is 10.9. The third-order valence-electron chi connectivity index (χ3n) is 8.59. The summed E-state index contributed by atoms with van der Waals surface area (Å²) in [4.78, 5) is 2.42. The lowest BCUT2D eigenvalue weighted by molar-refractivity contribution is 1.31. The quantitative estimate of drug-likeness (QED) is 0.197. The third-order valence-corrected chi connectivity index (χ3v) is 9.80. The molecule has 8 aromatic carbocycles. The molecule has 0 aliphatic rings. The molecule has 0 aliphatic heterocycles. The number of hydrogen-bond acceptors (Lipinski definition) is 2. The summed E-state index contributed by atoms with van der Waals surface area (Å²) in [5, 5.41) is 12.9. The van der Waals surface area contributed by atoms with Gasteiger partial charge in [-0.25, -0.2) is 0 Å². The number of para-hydroxylation sites is 1. The average Bonchev–Trinajstić information content (AvgIpc) is 3.44. The monoisotopic (exact) mass is 551 g/mol. The molecule has 2 heteroatoms. The van der Waals surface area contributed by atoms with Crippen LogP contribution in [0.5, 0.6) is 0 Å². The normalized spacial score (nSPS) is 11.8. The van der Waals surface area contributed by atoms with Gasteiger partial charge < -0.3 is 4.90 Å². The molecular formula is C40H25NS. The molecule has 0 unspecified atom stereocenters. The van der Waals surface area contributed by atoms with E-state index in [2.05, 4.69) is 157 Å². The van der Waals surface area contributed by atoms with Crippen molar-refractivity contribution in [2.75, 3.05) is 4.90 Å². The van der Waals surface area contributed by atoms with E-state index in [1.54, 1.807) is 0 Å². The fourth-order valence-corrected chi connectivity index (χ4v) is 7.90. The smallest absolute Gasteiger partial charge is 0.0640 e. The van der Waals surface area contributed by atoms with Crippen molar-refractivity contribution in [2.24, 2.45) is 0 Å². The number of benzene rings is 8. The number of rotatable bonds is 3. The summed E-state index contributed by atoms with van der Waals surface area (Å²) in [6, 6.07) is 55.5. The molecule has 0 aliphatic carbocycles. The minimum atomic E-state index is 1.15. The molecular weight excluding hydrogens is 527 g/mol. The van der Waals surface area contributed by atoms with Gasteiger partial charge in [0.1, 0.15) is 0 Å². The van der Waals surface area contributed by atoms with Crippen LogP contribution >= 0.6 is 11.3 Å². The van der Waals surface area contributed by atoms with Crippen LogP contribution in [0.3, 0.4) is 0 Å². The Morgan fingerprint density at radius 1 is 0.381 bits per heavy atom. The number of fused-ring (bicyclic) bond motifs is 10. The van der Waals surface area contributed by atoms with Crippen molar-refractivity contribution in [1.82, 2.24) is 0 Å². The maximum absolute atomic E-state index is 2.42. The number of thiophene rings is 1. The standard InChI is InChI=1S/C40H25NS/c1-2-10-30(11-3-1)41(36-15-8-14-35-34-13-6-7-16-37(34)42-40(35)36)31-23-24-33-29(25-31)22-21-28-20-19-27-18-17-26-9-4-5-12-32(26)38(27)39(28)33/h1-25H. The van der Waals surface area contributed by atoms with E-state index < -0.39 is 0 Å². The lowest BCUT2D eigenvalue weighted by Gasteiger charge is -2.26. The van der Waals surface area contributed by atoms with Gasteiger partial charge in [-0.3, -0.25) is 0 Å². The van der Waals surface area contributed by atoms with Gasteiger partial charge in [-0.05, 0) is 79.5 Å². The summed E-state index contributed by atoms with van der Waals surface area (Å²) in [5.41, 5.74) is 3.51. The minimum Gasteiger partial charge on any atom is -0.309 e. The molecule has 196 valence electrons. The molecule has 0 saturated carbocycles. The van der Waals surface area contributed by atoms with Crippen molar-refractivity contribution in [3.63, 3.8) is 0 Å². The van der Waals surface area contributed by atoms with Crippen LogP contribution in [0.15, 0.2) is 152 Å². The number of nitrogens with zero attached hydrogens (tertiary/aromatic N) is 1. The summed E-state index contributed by atoms with van der Waals surface area (Å²) in [5.74, 6) is 0. The first kappa shape index (κ1) is 23.5. The van der Waals surface area contributed by atoms with Crippen LogP contribution in [0.4, 0.5) is 17.1 Å². The van der Waals surface area contributed by atoms with Crippen molar-refractivity contribution in [3.8, 4) is 0 Å². The molecule has 9 aromatic rings. The van der Waals surface area contributed by atoms with E-state index in [0.29, 0.717) is 0 Å². The van der Waals surface area contributed by atoms with Gasteiger partial charge in [-0.2, -0.15) is 0 Å². The first-order valence-electron chi connectivity index (χ1n) is 14.4. The molecule has 0 radical (unpaired) electrons. The van der Waals surface area contributed by atoms with E-state index >= 15 is 0 Å². The molecule has 0 saturated heterocycles. The van der Waals surface area contributed by atoms with Crippen molar-refractivity contribution < 1.29 is 0 Å². The van der Waals surface area contributed by atoms with E-state index in [0.717, 1.165) is 11.4 Å². The highest BCUT2D eigenvalue weighted by atomic mass is 32.1. The zero-order valence-corrected chi connectivity index (χ0v) is 23.6. The molecule has 1 heterocycles. The molecule has 0 atom stereocenters. The van der Waals surface area contributed by atoms with Crippen LogP contribution in [0.25, 0.3) is 63.3 Å². The maximum Gasteiger partial charge on any atom is 0.0640 e. The molecule has 0 amide bonds. The summed E-state index contributed by atoms with van der Waals surface area (Å²) < 4.78 is 2.62. The summed E-state index contributed by atoms with van der Waals surface area (Å²) >= 11 is 1.87. The Bertz CT molecular complexity index is 2470. The Balaban J connectivity index is 1.33. The second kappa shape index (κ2) is 9.17. The van der Waals surface area contributed by atoms with E-state index in [9.17, 15) is 0 Å². The van der Waals surface area contributed by atoms with Gasteiger partial charge in [0, 0.05) is 26.8 Å². The highest BCUT2D eigenvalue weighted by Crippen LogP contribution is 2.45. The van der Waals surface area contributed by atoms with Gasteiger partial charge in [0.2, 0.25) is 0 Å². The zero-order chi connectivity index (χ0) is 27.6. The fourth-order valence-electron chi connectivity index (χ4n) is 6.69. The summed E-state index contributed by atoms with van der Waals surface area (Å²) in [7, 11) is 0. The van der Waals surface area contributed by atoms with Gasteiger partial charge >= 0.3 is 0 Å². The van der Waals surface area contributed by atoms with Crippen molar-refractivity contribution in [2.45, 2.75) is 0 Å². The van der Waals surface area contributed by atoms with Gasteiger partial charge in [-0.15, -0.1) is 11.3 Å². The van der Waals surface area contributed by atoms with Crippen LogP contribution in [0.2, 0.25) is 0 Å². The Labute approximate surface area is 247 Å². The van der Waals surface area contributed by atoms with Crippen LogP contribution < -0.4 is 4.90 Å². The number of anilines is 3. The highest BCUT2D eigenvalue weighted by Gasteiger charge is 2.18. The molecule has 42 heavy (non-hydrogen) atoms. The first-order chi connectivity index (χ1) is 20.8. The van der Waals surface area contributed by atoms with Crippen LogP contribution in [0.1, 0.15) is 0 Å². The molecule has 9 rings (SSSR count). The topological polar surface area (TPSA) is 3.24 Å². The van der Waals surface area contributed by atoms with Gasteiger partial charge in [0.25, 0.3) is 0 Å². The largest absolute Gasteiger partial charge is 0.309 e. The minimum absolute atomic E-state index is 1.15. The Hall–Kier alpha value is -5.18. The highest BCUT2D eigenvalue weighted by molar-refractivity contribution is 7.26. The van der Waals surface area contributed by atoms with Crippen LogP contribution in [0, 0.1) is 0 Å². The lowest BCUT2D eigenvalue weighted by atomic mass is 9.93. The molecule has 0 N–H and O–H groups in total. The summed E-state index contributed by atoms with van der Waals surface area (Å²) in [6.07, 6.45) is 0. The van der Waals surface area contributed by atoms with Crippen molar-refractivity contribution in [3.05, 3.63) is 152 Å². The van der Waals surface area contributed by atoms with E-state index in [-0.39, 0.29) is 0 Å². The Morgan fingerprint density at radius 3 is 1.81 bits per heavy atom. The molecule has 0 spiro atoms. The van der Waals surface area contributed by atoms with E-state index in [1.165, 1.54) is 68.9 Å². The van der Waals surface area contributed by atoms with Crippen LogP contribution in [-0.4, -0.2) is 0 Å². The SMILES string of the molecule is c1ccc(N(c2ccc3c(ccc4ccc5ccc6ccccc6c5c43)c2)c2cccc3c2sc2ccccc23)cc1. The Morgan fingerprint density at radius 2 is 1.00 bits per heavy atom. The third kappa shape index (κ3) is 3.49. The number of hydrogen-bond donors (Lipinski definition) is 0. The predicted molar refractivity (Wildman–Crippen MR) is 184 cm³/mol. The summed E-state index contributed by atoms with van der Waals surface area (Å²) in [6.45, 7) is 0. The van der Waals surface area contributed by atoms with Gasteiger partial charge in [-0.1, -0.05) is 115 Å². The van der Waals surface area contributed by atoms with Gasteiger partial charge in [0.05, 0.1) is 10.4 Å². The molecule has 0 bridgehead atoms. The maximum atomic E-state index is 2.42. The molecule has 1 nitrogen and oxygen atoms in total. The van der Waals surface area contributed by atoms with Gasteiger partial charge in [0.15, 0.2) is 0 Å². The fraction of sp³-hybridized carbons (Fsp3) is 0. The Kier molecular flexibility index (Phi) is 5.13. The van der Waals surface area contributed by atoms with Crippen LogP contribution in [-0.2, 0) is 0 Å². The van der Waals surface area contributed by atoms with E-state index in [1.807, 2.05) is 11.3 Å². The first-order valence-corrected chi connectivity index (χ1v) is 15.2. The predicted octanol–water partition coefficient (Wildman–Crippen LogP) is 12.1. The molecule has 0 fully saturated rings. The average molecular weight is 552 g/mol. The molecule has 1 aromatic heterocycles. The second-order valence-corrected chi connectivity index (χ2v) is 12.0. The van der Waals surface area contributed by atoms with Crippen molar-refractivity contribution >= 4 is 91.7 Å².